The highest BCUT2D eigenvalue weighted by Gasteiger charge is 2.39. The van der Waals surface area contributed by atoms with Crippen LogP contribution in [0.2, 0.25) is 0 Å². The molecule has 0 aliphatic carbocycles. The molecule has 2 fully saturated rings. The first-order chi connectivity index (χ1) is 13.3. The first-order valence-electron chi connectivity index (χ1n) is 9.42. The lowest BCUT2D eigenvalue weighted by molar-refractivity contribution is -0.150. The molecule has 0 saturated carbocycles. The van der Waals surface area contributed by atoms with Crippen LogP contribution in [0.5, 0.6) is 0 Å². The number of aliphatic carboxylic acids is 1. The third-order valence-corrected chi connectivity index (χ3v) is 5.06. The average Bonchev–Trinajstić information content (AvgIpc) is 3.34. The monoisotopic (exact) mass is 400 g/mol. The van der Waals surface area contributed by atoms with Gasteiger partial charge in [-0.15, -0.1) is 0 Å². The maximum Gasteiger partial charge on any atom is 0.326 e. The highest BCUT2D eigenvalue weighted by atomic mass is 16.4. The van der Waals surface area contributed by atoms with Crippen molar-refractivity contribution in [3.8, 4) is 0 Å². The quantitative estimate of drug-likeness (QED) is 0.253. The third kappa shape index (κ3) is 5.18. The van der Waals surface area contributed by atoms with E-state index in [1.807, 2.05) is 0 Å². The van der Waals surface area contributed by atoms with E-state index in [4.69, 9.17) is 0 Å². The number of hydrogen-bond donors (Lipinski definition) is 6. The van der Waals surface area contributed by atoms with E-state index < -0.39 is 60.6 Å². The van der Waals surface area contributed by atoms with Crippen molar-refractivity contribution in [2.45, 2.75) is 62.9 Å². The van der Waals surface area contributed by atoms with E-state index in [1.165, 1.54) is 6.92 Å². The van der Waals surface area contributed by atoms with E-state index in [0.29, 0.717) is 25.8 Å². The van der Waals surface area contributed by atoms with Gasteiger partial charge in [-0.25, -0.2) is 4.79 Å². The summed E-state index contributed by atoms with van der Waals surface area (Å²) in [5.74, 6) is -3.13. The third-order valence-electron chi connectivity index (χ3n) is 5.06. The van der Waals surface area contributed by atoms with Crippen molar-refractivity contribution in [1.29, 1.82) is 0 Å². The fourth-order valence-electron chi connectivity index (χ4n) is 3.50. The van der Waals surface area contributed by atoms with Gasteiger partial charge in [-0.3, -0.25) is 14.4 Å². The molecule has 11 heteroatoms. The lowest BCUT2D eigenvalue weighted by Gasteiger charge is -2.28. The smallest absolute Gasteiger partial charge is 0.326 e. The predicted molar refractivity (Wildman–Crippen MR) is 96.0 cm³/mol. The minimum Gasteiger partial charge on any atom is -0.480 e. The number of amides is 3. The van der Waals surface area contributed by atoms with Crippen molar-refractivity contribution in [2.75, 3.05) is 19.7 Å². The van der Waals surface area contributed by atoms with Gasteiger partial charge in [-0.1, -0.05) is 0 Å². The molecule has 3 amide bonds. The predicted octanol–water partition coefficient (Wildman–Crippen LogP) is -2.84. The van der Waals surface area contributed by atoms with Crippen molar-refractivity contribution in [1.82, 2.24) is 20.9 Å². The molecule has 158 valence electrons. The van der Waals surface area contributed by atoms with Crippen molar-refractivity contribution >= 4 is 23.7 Å². The maximum absolute atomic E-state index is 12.6. The SMILES string of the molecule is C[C@@H](O)[C@H](NC(=O)[C@@H]1CCCN1)C(=O)N[C@@H](CO)C(=O)N1CCC[C@H]1C(=O)O. The van der Waals surface area contributed by atoms with E-state index in [1.54, 1.807) is 0 Å². The topological polar surface area (TPSA) is 168 Å². The van der Waals surface area contributed by atoms with Crippen LogP contribution in [0.1, 0.15) is 32.6 Å². The number of carbonyl (C=O) groups excluding carboxylic acids is 3. The number of aliphatic hydroxyl groups excluding tert-OH is 2. The summed E-state index contributed by atoms with van der Waals surface area (Å²) in [5, 5.41) is 36.4. The molecular formula is C17H28N4O7. The van der Waals surface area contributed by atoms with Crippen LogP contribution in [0.15, 0.2) is 0 Å². The number of carbonyl (C=O) groups is 4. The molecule has 2 aliphatic heterocycles. The Morgan fingerprint density at radius 2 is 1.89 bits per heavy atom. The maximum atomic E-state index is 12.6. The summed E-state index contributed by atoms with van der Waals surface area (Å²) in [4.78, 5) is 49.7. The van der Waals surface area contributed by atoms with Crippen molar-refractivity contribution in [3.63, 3.8) is 0 Å². The minimum atomic E-state index is -1.37. The molecule has 2 rings (SSSR count). The zero-order valence-electron chi connectivity index (χ0n) is 15.8. The van der Waals surface area contributed by atoms with Gasteiger partial charge < -0.3 is 36.2 Å². The molecule has 11 nitrogen and oxygen atoms in total. The Morgan fingerprint density at radius 3 is 2.43 bits per heavy atom. The number of nitrogens with zero attached hydrogens (tertiary/aromatic N) is 1. The molecule has 0 aromatic rings. The molecule has 2 aliphatic rings. The molecule has 0 bridgehead atoms. The lowest BCUT2D eigenvalue weighted by atomic mass is 10.1. The molecule has 5 atom stereocenters. The van der Waals surface area contributed by atoms with Crippen molar-refractivity contribution < 1.29 is 34.5 Å². The molecule has 2 heterocycles. The van der Waals surface area contributed by atoms with Crippen LogP contribution >= 0.6 is 0 Å². The number of likely N-dealkylation sites (tertiary alicyclic amines) is 1. The molecule has 0 aromatic heterocycles. The van der Waals surface area contributed by atoms with Gasteiger partial charge in [-0.05, 0) is 39.2 Å². The van der Waals surface area contributed by atoms with Crippen LogP contribution in [0.4, 0.5) is 0 Å². The van der Waals surface area contributed by atoms with Gasteiger partial charge in [0.2, 0.25) is 17.7 Å². The van der Waals surface area contributed by atoms with Crippen LogP contribution in [0.3, 0.4) is 0 Å². The van der Waals surface area contributed by atoms with Gasteiger partial charge in [0.25, 0.3) is 0 Å². The Balaban J connectivity index is 2.02. The van der Waals surface area contributed by atoms with Gasteiger partial charge in [0.1, 0.15) is 18.1 Å². The first kappa shape index (κ1) is 22.1. The highest BCUT2D eigenvalue weighted by molar-refractivity contribution is 5.94. The Bertz CT molecular complexity index is 606. The van der Waals surface area contributed by atoms with Crippen molar-refractivity contribution in [2.24, 2.45) is 0 Å². The Kier molecular flexibility index (Phi) is 7.72. The van der Waals surface area contributed by atoms with Crippen LogP contribution in [0.25, 0.3) is 0 Å². The molecule has 28 heavy (non-hydrogen) atoms. The molecule has 6 N–H and O–H groups in total. The van der Waals surface area contributed by atoms with Crippen LogP contribution < -0.4 is 16.0 Å². The van der Waals surface area contributed by atoms with Crippen molar-refractivity contribution in [3.05, 3.63) is 0 Å². The number of rotatable bonds is 8. The second kappa shape index (κ2) is 9.80. The van der Waals surface area contributed by atoms with Gasteiger partial charge in [0.05, 0.1) is 18.8 Å². The standard InChI is InChI=1S/C17H28N4O7/c1-9(23)13(20-14(24)10-4-2-6-18-10)15(25)19-11(8-22)16(26)21-7-3-5-12(21)17(27)28/h9-13,18,22-23H,2-8H2,1H3,(H,19,25)(H,20,24)(H,27,28)/t9-,10+,11+,12+,13+/m1/s1. The number of carboxylic acid groups (broad SMARTS) is 1. The normalized spacial score (nSPS) is 25.0. The fraction of sp³-hybridized carbons (Fsp3) is 0.765. The van der Waals surface area contributed by atoms with E-state index >= 15 is 0 Å². The van der Waals surface area contributed by atoms with E-state index in [2.05, 4.69) is 16.0 Å². The summed E-state index contributed by atoms with van der Waals surface area (Å²) in [6, 6.07) is -4.13. The number of carboxylic acids is 1. The first-order valence-corrected chi connectivity index (χ1v) is 9.42. The zero-order valence-corrected chi connectivity index (χ0v) is 15.8. The summed E-state index contributed by atoms with van der Waals surface area (Å²) in [7, 11) is 0. The van der Waals surface area contributed by atoms with E-state index in [9.17, 15) is 34.5 Å². The molecule has 0 aromatic carbocycles. The summed E-state index contributed by atoms with van der Waals surface area (Å²) in [5.41, 5.74) is 0. The summed E-state index contributed by atoms with van der Waals surface area (Å²) in [6.45, 7) is 1.48. The second-order valence-corrected chi connectivity index (χ2v) is 7.15. The van der Waals surface area contributed by atoms with Gasteiger partial charge in [0, 0.05) is 6.54 Å². The zero-order chi connectivity index (χ0) is 20.8. The fourth-order valence-corrected chi connectivity index (χ4v) is 3.50. The largest absolute Gasteiger partial charge is 0.480 e. The molecule has 0 spiro atoms. The summed E-state index contributed by atoms with van der Waals surface area (Å²) >= 11 is 0. The van der Waals surface area contributed by atoms with Crippen LogP contribution in [0, 0.1) is 0 Å². The summed E-state index contributed by atoms with van der Waals surface area (Å²) < 4.78 is 0. The number of aliphatic hydroxyl groups is 2. The van der Waals surface area contributed by atoms with Gasteiger partial charge >= 0.3 is 5.97 Å². The van der Waals surface area contributed by atoms with Crippen LogP contribution in [-0.4, -0.2) is 93.9 Å². The minimum absolute atomic E-state index is 0.214. The average molecular weight is 400 g/mol. The Labute approximate surface area is 162 Å². The molecule has 2 saturated heterocycles. The lowest BCUT2D eigenvalue weighted by Crippen LogP contribution is -2.60. The molecule has 0 radical (unpaired) electrons. The second-order valence-electron chi connectivity index (χ2n) is 7.15. The summed E-state index contributed by atoms with van der Waals surface area (Å²) in [6.07, 6.45) is 1.01. The molecular weight excluding hydrogens is 372 g/mol. The number of hydrogen-bond acceptors (Lipinski definition) is 7. The molecule has 0 unspecified atom stereocenters. The van der Waals surface area contributed by atoms with E-state index in [-0.39, 0.29) is 6.54 Å². The number of nitrogens with one attached hydrogen (secondary N) is 3. The van der Waals surface area contributed by atoms with Gasteiger partial charge in [0.15, 0.2) is 0 Å². The van der Waals surface area contributed by atoms with Crippen LogP contribution in [-0.2, 0) is 19.2 Å². The highest BCUT2D eigenvalue weighted by Crippen LogP contribution is 2.18. The Hall–Kier alpha value is -2.24. The van der Waals surface area contributed by atoms with Gasteiger partial charge in [-0.2, -0.15) is 0 Å². The van der Waals surface area contributed by atoms with E-state index in [0.717, 1.165) is 11.3 Å². The Morgan fingerprint density at radius 1 is 1.18 bits per heavy atom.